The zero-order valence-electron chi connectivity index (χ0n) is 31.5. The Kier molecular flexibility index (Phi) is 11.7. The number of fused-ring (bicyclic) bond motifs is 3. The third-order valence-electron chi connectivity index (χ3n) is 9.91. The van der Waals surface area contributed by atoms with E-state index < -0.39 is 80.2 Å². The van der Waals surface area contributed by atoms with Crippen molar-refractivity contribution in [2.45, 2.75) is 116 Å². The summed E-state index contributed by atoms with van der Waals surface area (Å²) in [7, 11) is -3.90. The lowest BCUT2D eigenvalue weighted by Gasteiger charge is -2.29. The van der Waals surface area contributed by atoms with Gasteiger partial charge in [-0.25, -0.2) is 18.0 Å². The van der Waals surface area contributed by atoms with Crippen LogP contribution in [0.4, 0.5) is 9.59 Å². The molecule has 5 amide bonds. The maximum atomic E-state index is 13.9. The summed E-state index contributed by atoms with van der Waals surface area (Å²) in [6, 6.07) is 3.54. The van der Waals surface area contributed by atoms with Gasteiger partial charge in [0, 0.05) is 24.3 Å². The van der Waals surface area contributed by atoms with Crippen LogP contribution in [0.25, 0.3) is 6.08 Å². The molecule has 3 aliphatic heterocycles. The molecule has 2 aliphatic carbocycles. The number of nitrogens with one attached hydrogen (secondary N) is 3. The van der Waals surface area contributed by atoms with Crippen molar-refractivity contribution in [3.8, 4) is 0 Å². The molecule has 4 bridgehead atoms. The SMILES string of the molecule is C=C[C@@H]1C[C@]1(NC(=O)[C@@H]1C[C@@H]2CN1C(=O)[C@H](C)NC(=O)OCC(C)(C)C/C=C/c1cccc3c1CN(C3)C(=O)O2)C(=O)NS(=O)(=O)C1CC1.CC(C)C. The van der Waals surface area contributed by atoms with Gasteiger partial charge in [0.15, 0.2) is 0 Å². The number of ether oxygens (including phenoxy) is 2. The number of amides is 5. The fourth-order valence-corrected chi connectivity index (χ4v) is 8.06. The van der Waals surface area contributed by atoms with Crippen LogP contribution < -0.4 is 15.4 Å². The molecule has 2 saturated carbocycles. The van der Waals surface area contributed by atoms with Crippen LogP contribution in [0, 0.1) is 17.3 Å². The highest BCUT2D eigenvalue weighted by molar-refractivity contribution is 7.91. The van der Waals surface area contributed by atoms with E-state index in [1.165, 1.54) is 17.9 Å². The van der Waals surface area contributed by atoms with Crippen molar-refractivity contribution in [1.29, 1.82) is 0 Å². The number of hydrogen-bond donors (Lipinski definition) is 3. The molecule has 0 radical (unpaired) electrons. The first-order valence-corrected chi connectivity index (χ1v) is 19.9. The first kappa shape index (κ1) is 39.8. The number of alkyl carbamates (subject to hydrolysis) is 1. The van der Waals surface area contributed by atoms with Crippen molar-refractivity contribution in [2.75, 3.05) is 13.2 Å². The van der Waals surface area contributed by atoms with Crippen LogP contribution in [-0.2, 0) is 47.0 Å². The topological polar surface area (TPSA) is 181 Å². The molecule has 3 fully saturated rings. The van der Waals surface area contributed by atoms with E-state index in [0.29, 0.717) is 32.4 Å². The van der Waals surface area contributed by atoms with Crippen LogP contribution in [0.3, 0.4) is 0 Å². The van der Waals surface area contributed by atoms with Gasteiger partial charge in [0.05, 0.1) is 24.9 Å². The maximum absolute atomic E-state index is 13.9. The van der Waals surface area contributed by atoms with Crippen molar-refractivity contribution in [3.63, 3.8) is 0 Å². The molecule has 0 spiro atoms. The van der Waals surface area contributed by atoms with Gasteiger partial charge in [-0.15, -0.1) is 6.58 Å². The van der Waals surface area contributed by atoms with Crippen LogP contribution in [0.1, 0.15) is 90.3 Å². The van der Waals surface area contributed by atoms with E-state index in [1.807, 2.05) is 44.2 Å². The lowest BCUT2D eigenvalue weighted by atomic mass is 9.90. The highest BCUT2D eigenvalue weighted by Gasteiger charge is 2.62. The van der Waals surface area contributed by atoms with E-state index in [4.69, 9.17) is 9.47 Å². The fourth-order valence-electron chi connectivity index (χ4n) is 6.70. The summed E-state index contributed by atoms with van der Waals surface area (Å²) >= 11 is 0. The molecule has 6 rings (SSSR count). The molecule has 14 nitrogen and oxygen atoms in total. The fraction of sp³-hybridized carbons (Fsp3) is 0.605. The molecule has 0 unspecified atom stereocenters. The molecule has 5 atom stereocenters. The molecule has 15 heteroatoms. The normalized spacial score (nSPS) is 28.8. The van der Waals surface area contributed by atoms with Crippen molar-refractivity contribution in [2.24, 2.45) is 17.3 Å². The van der Waals surface area contributed by atoms with Gasteiger partial charge in [0.1, 0.15) is 23.7 Å². The Balaban J connectivity index is 0.00000129. The first-order chi connectivity index (χ1) is 24.9. The van der Waals surface area contributed by atoms with Crippen molar-refractivity contribution in [1.82, 2.24) is 25.2 Å². The highest BCUT2D eigenvalue weighted by Crippen LogP contribution is 2.45. The first-order valence-electron chi connectivity index (χ1n) is 18.3. The summed E-state index contributed by atoms with van der Waals surface area (Å²) < 4.78 is 38.6. The number of allylic oxidation sites excluding steroid dienone is 1. The van der Waals surface area contributed by atoms with Gasteiger partial charge >= 0.3 is 12.2 Å². The van der Waals surface area contributed by atoms with Crippen LogP contribution in [0.2, 0.25) is 0 Å². The minimum Gasteiger partial charge on any atom is -0.449 e. The standard InChI is InChI=1S/C34H43N5O9S.C4H10/c1-5-23-15-34(23,30(42)37-49(45,46)25-11-12-25)36-28(40)27-14-24-17-39(27)29(41)20(2)35-31(43)47-19-33(3,4)13-7-10-21-8-6-9-22-16-38(18-26(21)22)32(44)48-24;1-4(2)3/h5-10,20,23-25,27H,1,11-19H2,2-4H3,(H,35,43)(H,36,40)(H,37,42);4H,1-3H3/b10-7+;/t20-,23+,24+,27-,34+;/m0./s1. The van der Waals surface area contributed by atoms with Gasteiger partial charge < -0.3 is 25.0 Å². The summed E-state index contributed by atoms with van der Waals surface area (Å²) in [5, 5.41) is 4.59. The Morgan fingerprint density at radius 2 is 1.81 bits per heavy atom. The number of carbonyl (C=O) groups excluding carboxylic acids is 5. The van der Waals surface area contributed by atoms with E-state index in [0.717, 1.165) is 22.6 Å². The van der Waals surface area contributed by atoms with Crippen molar-refractivity contribution >= 4 is 46.0 Å². The van der Waals surface area contributed by atoms with Crippen LogP contribution in [0.15, 0.2) is 36.9 Å². The quantitative estimate of drug-likeness (QED) is 0.362. The van der Waals surface area contributed by atoms with Crippen LogP contribution in [-0.4, -0.2) is 90.3 Å². The largest absolute Gasteiger partial charge is 0.449 e. The molecular formula is C38H53N5O9S. The summed E-state index contributed by atoms with van der Waals surface area (Å²) in [6.07, 6.45) is 4.71. The number of carbonyl (C=O) groups is 5. The number of nitrogens with zero attached hydrogens (tertiary/aromatic N) is 2. The Hall–Kier alpha value is -4.40. The number of benzene rings is 1. The van der Waals surface area contributed by atoms with Gasteiger partial charge in [-0.2, -0.15) is 0 Å². The molecule has 3 N–H and O–H groups in total. The van der Waals surface area contributed by atoms with Crippen LogP contribution >= 0.6 is 0 Å². The third kappa shape index (κ3) is 9.40. The van der Waals surface area contributed by atoms with Gasteiger partial charge in [-0.05, 0) is 55.2 Å². The van der Waals surface area contributed by atoms with Gasteiger partial charge in [-0.1, -0.05) is 71.0 Å². The minimum atomic E-state index is -3.90. The van der Waals surface area contributed by atoms with E-state index in [1.54, 1.807) is 4.90 Å². The molecule has 1 aromatic carbocycles. The van der Waals surface area contributed by atoms with E-state index >= 15 is 0 Å². The monoisotopic (exact) mass is 755 g/mol. The van der Waals surface area contributed by atoms with Crippen molar-refractivity contribution < 1.29 is 41.9 Å². The predicted molar refractivity (Wildman–Crippen MR) is 197 cm³/mol. The van der Waals surface area contributed by atoms with Crippen molar-refractivity contribution in [3.05, 3.63) is 53.6 Å². The Bertz CT molecular complexity index is 1770. The Labute approximate surface area is 312 Å². The third-order valence-corrected chi connectivity index (χ3v) is 11.7. The summed E-state index contributed by atoms with van der Waals surface area (Å²) in [6.45, 7) is 16.2. The molecule has 53 heavy (non-hydrogen) atoms. The zero-order chi connectivity index (χ0) is 38.9. The minimum absolute atomic E-state index is 0.0784. The maximum Gasteiger partial charge on any atom is 0.410 e. The van der Waals surface area contributed by atoms with E-state index in [2.05, 4.69) is 42.7 Å². The average molecular weight is 756 g/mol. The molecule has 5 aliphatic rings. The summed E-state index contributed by atoms with van der Waals surface area (Å²) in [5.74, 6) is -1.92. The number of rotatable bonds is 6. The summed E-state index contributed by atoms with van der Waals surface area (Å²) in [5.41, 5.74) is 0.947. The Morgan fingerprint density at radius 1 is 1.11 bits per heavy atom. The van der Waals surface area contributed by atoms with Crippen LogP contribution in [0.5, 0.6) is 0 Å². The van der Waals surface area contributed by atoms with Gasteiger partial charge in [0.25, 0.3) is 5.91 Å². The van der Waals surface area contributed by atoms with E-state index in [9.17, 15) is 32.4 Å². The number of sulfonamides is 1. The highest BCUT2D eigenvalue weighted by atomic mass is 32.2. The molecule has 290 valence electrons. The van der Waals surface area contributed by atoms with Gasteiger partial charge in [-0.3, -0.25) is 24.0 Å². The number of hydrogen-bond acceptors (Lipinski definition) is 9. The van der Waals surface area contributed by atoms with Gasteiger partial charge in [0.2, 0.25) is 21.8 Å². The smallest absolute Gasteiger partial charge is 0.410 e. The summed E-state index contributed by atoms with van der Waals surface area (Å²) in [4.78, 5) is 70.0. The molecule has 1 aromatic rings. The lowest BCUT2D eigenvalue weighted by Crippen LogP contribution is -2.58. The molecule has 0 aromatic heterocycles. The molecule has 1 saturated heterocycles. The zero-order valence-corrected chi connectivity index (χ0v) is 32.3. The Morgan fingerprint density at radius 3 is 2.45 bits per heavy atom. The lowest BCUT2D eigenvalue weighted by molar-refractivity contribution is -0.140. The molecule has 3 heterocycles. The second kappa shape index (κ2) is 15.5. The number of cyclic esters (lactones) is 1. The second-order valence-corrected chi connectivity index (χ2v) is 18.2. The average Bonchev–Trinajstić information content (AvgIpc) is 3.97. The predicted octanol–water partition coefficient (Wildman–Crippen LogP) is 4.00. The van der Waals surface area contributed by atoms with E-state index in [-0.39, 0.29) is 26.0 Å². The second-order valence-electron chi connectivity index (χ2n) is 16.2. The molecular weight excluding hydrogens is 703 g/mol.